The van der Waals surface area contributed by atoms with Crippen LogP contribution in [0.3, 0.4) is 0 Å². The number of benzene rings is 1. The molecule has 1 aliphatic heterocycles. The molecule has 2 fully saturated rings. The first-order valence-electron chi connectivity index (χ1n) is 10.4. The maximum Gasteiger partial charge on any atom is 0.160 e. The number of hydrogen-bond donors (Lipinski definition) is 0. The Labute approximate surface area is 163 Å². The second-order valence-corrected chi connectivity index (χ2v) is 8.18. The molecule has 1 heterocycles. The van der Waals surface area contributed by atoms with E-state index < -0.39 is 0 Å². The number of aryl methyl sites for hydroxylation is 1. The maximum absolute atomic E-state index is 6.12. The molecule has 0 spiro atoms. The molecule has 2 aliphatic rings. The average molecular weight is 377 g/mol. The molecule has 1 aromatic carbocycles. The summed E-state index contributed by atoms with van der Waals surface area (Å²) in [4.78, 5) is 0. The Morgan fingerprint density at radius 2 is 1.69 bits per heavy atom. The zero-order chi connectivity index (χ0) is 18.2. The Bertz CT molecular complexity index is 538. The van der Waals surface area contributed by atoms with Crippen molar-refractivity contribution in [3.8, 4) is 0 Å². The van der Waals surface area contributed by atoms with Gasteiger partial charge in [0.05, 0.1) is 13.2 Å². The summed E-state index contributed by atoms with van der Waals surface area (Å²) in [5, 5.41) is 0. The fourth-order valence-electron chi connectivity index (χ4n) is 4.23. The highest BCUT2D eigenvalue weighted by Gasteiger charge is 2.32. The SMILES string of the molecule is CCCCCc1ccc(C2COC(C3CCC(C=CCl)CC3)OC2)cc1. The molecule has 0 bridgehead atoms. The van der Waals surface area contributed by atoms with Gasteiger partial charge in [-0.3, -0.25) is 0 Å². The lowest BCUT2D eigenvalue weighted by molar-refractivity contribution is -0.217. The van der Waals surface area contributed by atoms with Gasteiger partial charge in [0.1, 0.15) is 0 Å². The highest BCUT2D eigenvalue weighted by Crippen LogP contribution is 2.35. The van der Waals surface area contributed by atoms with Gasteiger partial charge in [-0.05, 0) is 55.6 Å². The number of unbranched alkanes of at least 4 members (excludes halogenated alkanes) is 2. The quantitative estimate of drug-likeness (QED) is 0.510. The lowest BCUT2D eigenvalue weighted by atomic mass is 9.81. The summed E-state index contributed by atoms with van der Waals surface area (Å²) in [6.45, 7) is 3.81. The molecule has 3 heteroatoms. The van der Waals surface area contributed by atoms with E-state index in [9.17, 15) is 0 Å². The maximum atomic E-state index is 6.12. The molecule has 1 aromatic rings. The van der Waals surface area contributed by atoms with Crippen molar-refractivity contribution in [1.29, 1.82) is 0 Å². The van der Waals surface area contributed by atoms with Crippen LogP contribution in [0.1, 0.15) is 68.9 Å². The van der Waals surface area contributed by atoms with Crippen molar-refractivity contribution >= 4 is 11.6 Å². The summed E-state index contributed by atoms with van der Waals surface area (Å²) in [6.07, 6.45) is 11.9. The van der Waals surface area contributed by atoms with Crippen LogP contribution >= 0.6 is 11.6 Å². The van der Waals surface area contributed by atoms with E-state index in [0.717, 1.165) is 13.2 Å². The smallest absolute Gasteiger partial charge is 0.160 e. The minimum absolute atomic E-state index is 0.0134. The Balaban J connectivity index is 1.43. The molecule has 26 heavy (non-hydrogen) atoms. The Hall–Kier alpha value is -0.830. The van der Waals surface area contributed by atoms with Gasteiger partial charge >= 0.3 is 0 Å². The topological polar surface area (TPSA) is 18.5 Å². The fourth-order valence-corrected chi connectivity index (χ4v) is 4.44. The second kappa shape index (κ2) is 10.5. The van der Waals surface area contributed by atoms with Crippen LogP contribution in [0.5, 0.6) is 0 Å². The lowest BCUT2D eigenvalue weighted by Crippen LogP contribution is -2.37. The minimum Gasteiger partial charge on any atom is -0.352 e. The molecule has 3 rings (SSSR count). The predicted octanol–water partition coefficient (Wildman–Crippen LogP) is 6.43. The Kier molecular flexibility index (Phi) is 8.04. The van der Waals surface area contributed by atoms with Crippen molar-refractivity contribution in [2.24, 2.45) is 11.8 Å². The first kappa shape index (κ1) is 19.9. The molecular formula is C23H33ClO2. The minimum atomic E-state index is -0.0134. The third-order valence-corrected chi connectivity index (χ3v) is 6.14. The van der Waals surface area contributed by atoms with Crippen LogP contribution in [0.4, 0.5) is 0 Å². The Morgan fingerprint density at radius 1 is 1.00 bits per heavy atom. The van der Waals surface area contributed by atoms with Crippen LogP contribution < -0.4 is 0 Å². The van der Waals surface area contributed by atoms with Crippen molar-refractivity contribution in [3.05, 3.63) is 47.0 Å². The van der Waals surface area contributed by atoms with E-state index in [1.54, 1.807) is 5.54 Å². The van der Waals surface area contributed by atoms with Crippen LogP contribution in [-0.4, -0.2) is 19.5 Å². The molecule has 0 radical (unpaired) electrons. The third kappa shape index (κ3) is 5.58. The van der Waals surface area contributed by atoms with Crippen LogP contribution in [0.25, 0.3) is 0 Å². The largest absolute Gasteiger partial charge is 0.352 e. The molecular weight excluding hydrogens is 344 g/mol. The summed E-state index contributed by atoms with van der Waals surface area (Å²) in [5.41, 5.74) is 4.46. The van der Waals surface area contributed by atoms with Gasteiger partial charge in [0, 0.05) is 17.4 Å². The van der Waals surface area contributed by atoms with E-state index in [2.05, 4.69) is 37.3 Å². The average Bonchev–Trinajstić information content (AvgIpc) is 2.70. The fraction of sp³-hybridized carbons (Fsp3) is 0.652. The molecule has 144 valence electrons. The molecule has 1 saturated carbocycles. The van der Waals surface area contributed by atoms with Gasteiger partial charge in [-0.25, -0.2) is 0 Å². The van der Waals surface area contributed by atoms with Crippen molar-refractivity contribution in [2.75, 3.05) is 13.2 Å². The van der Waals surface area contributed by atoms with Gasteiger partial charge in [-0.1, -0.05) is 61.7 Å². The van der Waals surface area contributed by atoms with E-state index in [0.29, 0.717) is 17.8 Å². The number of ether oxygens (including phenoxy) is 2. The van der Waals surface area contributed by atoms with E-state index in [-0.39, 0.29) is 6.29 Å². The van der Waals surface area contributed by atoms with E-state index in [4.69, 9.17) is 21.1 Å². The van der Waals surface area contributed by atoms with Gasteiger partial charge in [-0.2, -0.15) is 0 Å². The molecule has 0 unspecified atom stereocenters. The molecule has 2 nitrogen and oxygen atoms in total. The van der Waals surface area contributed by atoms with Crippen LogP contribution in [0, 0.1) is 11.8 Å². The summed E-state index contributed by atoms with van der Waals surface area (Å²) < 4.78 is 12.2. The first-order chi connectivity index (χ1) is 12.8. The van der Waals surface area contributed by atoms with Crippen molar-refractivity contribution in [3.63, 3.8) is 0 Å². The van der Waals surface area contributed by atoms with Gasteiger partial charge in [0.2, 0.25) is 0 Å². The van der Waals surface area contributed by atoms with Crippen molar-refractivity contribution < 1.29 is 9.47 Å². The summed E-state index contributed by atoms with van der Waals surface area (Å²) in [5.74, 6) is 1.54. The third-order valence-electron chi connectivity index (χ3n) is 5.99. The zero-order valence-corrected chi connectivity index (χ0v) is 16.8. The van der Waals surface area contributed by atoms with Crippen LogP contribution in [0.15, 0.2) is 35.9 Å². The lowest BCUT2D eigenvalue weighted by Gasteiger charge is -2.37. The number of rotatable bonds is 7. The highest BCUT2D eigenvalue weighted by molar-refractivity contribution is 6.25. The standard InChI is InChI=1S/C23H33ClO2/c1-2-3-4-5-18-6-10-20(11-7-18)22-16-25-23(26-17-22)21-12-8-19(9-13-21)14-15-24/h6-7,10-11,14-15,19,21-23H,2-5,8-9,12-13,16-17H2,1H3. The van der Waals surface area contributed by atoms with E-state index >= 15 is 0 Å². The van der Waals surface area contributed by atoms with Crippen molar-refractivity contribution in [2.45, 2.75) is 70.5 Å². The van der Waals surface area contributed by atoms with Crippen LogP contribution in [0.2, 0.25) is 0 Å². The molecule has 0 N–H and O–H groups in total. The zero-order valence-electron chi connectivity index (χ0n) is 16.0. The molecule has 0 aromatic heterocycles. The molecule has 0 amide bonds. The summed E-state index contributed by atoms with van der Waals surface area (Å²) in [7, 11) is 0. The van der Waals surface area contributed by atoms with E-state index in [1.165, 1.54) is 62.5 Å². The normalized spacial score (nSPS) is 29.9. The molecule has 1 aliphatic carbocycles. The second-order valence-electron chi connectivity index (χ2n) is 7.92. The predicted molar refractivity (Wildman–Crippen MR) is 109 cm³/mol. The number of halogens is 1. The molecule has 0 atom stereocenters. The van der Waals surface area contributed by atoms with Gasteiger partial charge in [0.25, 0.3) is 0 Å². The van der Waals surface area contributed by atoms with Gasteiger partial charge < -0.3 is 9.47 Å². The van der Waals surface area contributed by atoms with Crippen molar-refractivity contribution in [1.82, 2.24) is 0 Å². The van der Waals surface area contributed by atoms with Gasteiger partial charge in [0.15, 0.2) is 6.29 Å². The summed E-state index contributed by atoms with van der Waals surface area (Å²) >= 11 is 5.71. The molecule has 1 saturated heterocycles. The van der Waals surface area contributed by atoms with Gasteiger partial charge in [-0.15, -0.1) is 0 Å². The monoisotopic (exact) mass is 376 g/mol. The number of hydrogen-bond acceptors (Lipinski definition) is 2. The number of allylic oxidation sites excluding steroid dienone is 1. The Morgan fingerprint density at radius 3 is 2.31 bits per heavy atom. The summed E-state index contributed by atoms with van der Waals surface area (Å²) in [6, 6.07) is 9.09. The van der Waals surface area contributed by atoms with Crippen LogP contribution in [-0.2, 0) is 15.9 Å². The van der Waals surface area contributed by atoms with E-state index in [1.807, 2.05) is 0 Å². The highest BCUT2D eigenvalue weighted by atomic mass is 35.5. The first-order valence-corrected chi connectivity index (χ1v) is 10.8.